The number of methoxy groups -OCH3 is 1. The molecule has 0 aliphatic carbocycles. The van der Waals surface area contributed by atoms with Gasteiger partial charge in [-0.3, -0.25) is 9.69 Å². The van der Waals surface area contributed by atoms with Crippen molar-refractivity contribution in [3.05, 3.63) is 81.3 Å². The number of halogens is 1. The number of hydrogen-bond donors (Lipinski definition) is 0. The zero-order chi connectivity index (χ0) is 22.5. The van der Waals surface area contributed by atoms with Gasteiger partial charge in [0, 0.05) is 43.9 Å². The molecule has 1 aliphatic rings. The van der Waals surface area contributed by atoms with E-state index in [1.54, 1.807) is 13.2 Å². The Morgan fingerprint density at radius 2 is 1.84 bits per heavy atom. The fraction of sp³-hybridized carbons (Fsp3) is 0.320. The molecule has 32 heavy (non-hydrogen) atoms. The van der Waals surface area contributed by atoms with E-state index in [0.29, 0.717) is 48.2 Å². The Morgan fingerprint density at radius 1 is 1.06 bits per heavy atom. The lowest BCUT2D eigenvalue weighted by atomic mass is 10.2. The summed E-state index contributed by atoms with van der Waals surface area (Å²) in [5.74, 6) is 1.25. The van der Waals surface area contributed by atoms with Crippen LogP contribution in [0.1, 0.15) is 26.4 Å². The van der Waals surface area contributed by atoms with Crippen LogP contribution in [0, 0.1) is 12.7 Å². The van der Waals surface area contributed by atoms with Crippen LogP contribution in [0.3, 0.4) is 0 Å². The maximum absolute atomic E-state index is 13.9. The van der Waals surface area contributed by atoms with Crippen LogP contribution < -0.4 is 9.47 Å². The number of piperazine rings is 1. The molecule has 1 amide bonds. The Morgan fingerprint density at radius 3 is 2.59 bits per heavy atom. The van der Waals surface area contributed by atoms with Gasteiger partial charge in [-0.05, 0) is 42.1 Å². The normalized spacial score (nSPS) is 14.4. The number of carbonyl (C=O) groups is 1. The lowest BCUT2D eigenvalue weighted by Crippen LogP contribution is -2.48. The highest BCUT2D eigenvalue weighted by molar-refractivity contribution is 7.12. The molecule has 0 bridgehead atoms. The molecule has 0 saturated carbocycles. The number of ether oxygens (including phenoxy) is 2. The lowest BCUT2D eigenvalue weighted by Gasteiger charge is -2.34. The molecular formula is C25H27FN2O3S. The Bertz CT molecular complexity index is 1080. The number of amides is 1. The molecule has 2 aromatic carbocycles. The van der Waals surface area contributed by atoms with Crippen LogP contribution in [0.25, 0.3) is 0 Å². The zero-order valence-electron chi connectivity index (χ0n) is 18.3. The second-order valence-electron chi connectivity index (χ2n) is 7.92. The molecular weight excluding hydrogens is 427 g/mol. The molecule has 5 nitrogen and oxygen atoms in total. The van der Waals surface area contributed by atoms with Crippen LogP contribution in [-0.2, 0) is 13.2 Å². The molecule has 1 saturated heterocycles. The lowest BCUT2D eigenvalue weighted by molar-refractivity contribution is 0.0631. The fourth-order valence-electron chi connectivity index (χ4n) is 3.75. The zero-order valence-corrected chi connectivity index (χ0v) is 19.2. The monoisotopic (exact) mass is 454 g/mol. The topological polar surface area (TPSA) is 42.0 Å². The fourth-order valence-corrected chi connectivity index (χ4v) is 4.61. The molecule has 1 aliphatic heterocycles. The van der Waals surface area contributed by atoms with Crippen molar-refractivity contribution in [2.24, 2.45) is 0 Å². The van der Waals surface area contributed by atoms with Crippen molar-refractivity contribution in [3.63, 3.8) is 0 Å². The largest absolute Gasteiger partial charge is 0.493 e. The first-order chi connectivity index (χ1) is 15.5. The summed E-state index contributed by atoms with van der Waals surface area (Å²) in [4.78, 5) is 17.7. The smallest absolute Gasteiger partial charge is 0.264 e. The van der Waals surface area contributed by atoms with Gasteiger partial charge in [-0.15, -0.1) is 11.3 Å². The van der Waals surface area contributed by atoms with Gasteiger partial charge in [0.05, 0.1) is 12.0 Å². The molecule has 0 spiro atoms. The third kappa shape index (κ3) is 5.29. The molecule has 1 aromatic heterocycles. The van der Waals surface area contributed by atoms with E-state index in [0.717, 1.165) is 24.2 Å². The minimum Gasteiger partial charge on any atom is -0.493 e. The van der Waals surface area contributed by atoms with E-state index in [1.807, 2.05) is 53.6 Å². The molecule has 3 aromatic rings. The van der Waals surface area contributed by atoms with Crippen molar-refractivity contribution in [2.45, 2.75) is 20.1 Å². The summed E-state index contributed by atoms with van der Waals surface area (Å²) >= 11 is 1.44. The summed E-state index contributed by atoms with van der Waals surface area (Å²) < 4.78 is 25.2. The number of rotatable bonds is 7. The highest BCUT2D eigenvalue weighted by Gasteiger charge is 2.23. The van der Waals surface area contributed by atoms with Gasteiger partial charge in [0.1, 0.15) is 12.4 Å². The van der Waals surface area contributed by atoms with Gasteiger partial charge >= 0.3 is 0 Å². The van der Waals surface area contributed by atoms with E-state index in [9.17, 15) is 9.18 Å². The summed E-state index contributed by atoms with van der Waals surface area (Å²) in [7, 11) is 1.62. The number of hydrogen-bond acceptors (Lipinski definition) is 5. The molecule has 0 atom stereocenters. The molecule has 1 fully saturated rings. The van der Waals surface area contributed by atoms with Crippen LogP contribution in [0.15, 0.2) is 53.9 Å². The van der Waals surface area contributed by atoms with Crippen LogP contribution in [0.5, 0.6) is 11.5 Å². The van der Waals surface area contributed by atoms with E-state index in [1.165, 1.54) is 17.4 Å². The third-order valence-electron chi connectivity index (χ3n) is 5.59. The van der Waals surface area contributed by atoms with Gasteiger partial charge in [0.15, 0.2) is 11.5 Å². The summed E-state index contributed by atoms with van der Waals surface area (Å²) in [5.41, 5.74) is 2.76. The minimum absolute atomic E-state index is 0.0414. The minimum atomic E-state index is -0.178. The number of aryl methyl sites for hydroxylation is 1. The Labute approximate surface area is 192 Å². The SMILES string of the molecule is COc1cc(C)ccc1OCc1csc(C(=O)N2CCN(Cc3ccccc3F)CC2)c1. The van der Waals surface area contributed by atoms with Crippen LogP contribution in [-0.4, -0.2) is 49.0 Å². The standard InChI is InChI=1S/C25H27FN2O3S/c1-18-7-8-22(23(13-18)30-2)31-16-19-14-24(32-17-19)25(29)28-11-9-27(10-12-28)15-20-5-3-4-6-21(20)26/h3-8,13-14,17H,9-12,15-16H2,1-2H3. The molecule has 0 radical (unpaired) electrons. The second kappa shape index (κ2) is 10.1. The van der Waals surface area contributed by atoms with E-state index < -0.39 is 0 Å². The molecule has 4 rings (SSSR count). The first-order valence-corrected chi connectivity index (χ1v) is 11.5. The summed E-state index contributed by atoms with van der Waals surface area (Å²) in [6.07, 6.45) is 0. The molecule has 168 valence electrons. The van der Waals surface area contributed by atoms with Crippen LogP contribution in [0.4, 0.5) is 4.39 Å². The predicted molar refractivity (Wildman–Crippen MR) is 124 cm³/mol. The first-order valence-electron chi connectivity index (χ1n) is 10.6. The molecule has 0 N–H and O–H groups in total. The van der Waals surface area contributed by atoms with E-state index >= 15 is 0 Å². The average Bonchev–Trinajstić information content (AvgIpc) is 3.29. The highest BCUT2D eigenvalue weighted by Crippen LogP contribution is 2.29. The van der Waals surface area contributed by atoms with Gasteiger partial charge in [-0.1, -0.05) is 24.3 Å². The van der Waals surface area contributed by atoms with Crippen molar-refractivity contribution in [1.82, 2.24) is 9.80 Å². The first kappa shape index (κ1) is 22.3. The van der Waals surface area contributed by atoms with Crippen molar-refractivity contribution in [2.75, 3.05) is 33.3 Å². The van der Waals surface area contributed by atoms with Gasteiger partial charge in [0.2, 0.25) is 0 Å². The Hall–Kier alpha value is -2.90. The number of thiophene rings is 1. The van der Waals surface area contributed by atoms with E-state index in [4.69, 9.17) is 9.47 Å². The molecule has 7 heteroatoms. The van der Waals surface area contributed by atoms with Crippen molar-refractivity contribution >= 4 is 17.2 Å². The van der Waals surface area contributed by atoms with Crippen LogP contribution >= 0.6 is 11.3 Å². The van der Waals surface area contributed by atoms with Gasteiger partial charge in [0.25, 0.3) is 5.91 Å². The van der Waals surface area contributed by atoms with Crippen molar-refractivity contribution in [3.8, 4) is 11.5 Å². The van der Waals surface area contributed by atoms with Crippen molar-refractivity contribution < 1.29 is 18.7 Å². The Kier molecular flexibility index (Phi) is 7.07. The van der Waals surface area contributed by atoms with Gasteiger partial charge < -0.3 is 14.4 Å². The van der Waals surface area contributed by atoms with Crippen LogP contribution in [0.2, 0.25) is 0 Å². The summed E-state index contributed by atoms with van der Waals surface area (Å²) in [6.45, 7) is 5.68. The second-order valence-corrected chi connectivity index (χ2v) is 8.83. The van der Waals surface area contributed by atoms with E-state index in [-0.39, 0.29) is 11.7 Å². The Balaban J connectivity index is 1.30. The summed E-state index contributed by atoms with van der Waals surface area (Å²) in [6, 6.07) is 14.6. The number of carbonyl (C=O) groups excluding carboxylic acids is 1. The predicted octanol–water partition coefficient (Wildman–Crippen LogP) is 4.74. The van der Waals surface area contributed by atoms with Crippen molar-refractivity contribution in [1.29, 1.82) is 0 Å². The van der Waals surface area contributed by atoms with Gasteiger partial charge in [-0.2, -0.15) is 0 Å². The number of nitrogens with zero attached hydrogens (tertiary/aromatic N) is 2. The molecule has 0 unspecified atom stereocenters. The maximum atomic E-state index is 13.9. The highest BCUT2D eigenvalue weighted by atomic mass is 32.1. The van der Waals surface area contributed by atoms with E-state index in [2.05, 4.69) is 4.90 Å². The number of benzene rings is 2. The van der Waals surface area contributed by atoms with Gasteiger partial charge in [-0.25, -0.2) is 4.39 Å². The third-order valence-corrected chi connectivity index (χ3v) is 6.56. The maximum Gasteiger partial charge on any atom is 0.264 e. The quantitative estimate of drug-likeness (QED) is 0.517. The molecule has 2 heterocycles. The summed E-state index contributed by atoms with van der Waals surface area (Å²) in [5, 5.41) is 1.96. The average molecular weight is 455 g/mol.